The molecule has 0 aliphatic heterocycles. The van der Waals surface area contributed by atoms with Gasteiger partial charge in [0, 0.05) is 11.6 Å². The standard InChI is InChI=1S/C20H16ClN3O5/c1-12-9-15(13(2)28-12)20(25)23-22-11-14-7-8-19(17(10-14)24(26)27)29-18-6-4-3-5-16(18)21/h3-11H,1-2H3,(H,23,25)/b22-11-. The summed E-state index contributed by atoms with van der Waals surface area (Å²) in [6.07, 6.45) is 1.30. The number of rotatable bonds is 6. The molecule has 9 heteroatoms. The Kier molecular flexibility index (Phi) is 5.94. The van der Waals surface area contributed by atoms with Crippen LogP contribution in [-0.4, -0.2) is 17.0 Å². The molecule has 0 unspecified atom stereocenters. The molecule has 0 atom stereocenters. The number of amides is 1. The minimum Gasteiger partial charge on any atom is -0.466 e. The van der Waals surface area contributed by atoms with Crippen molar-refractivity contribution >= 4 is 29.4 Å². The zero-order valence-corrected chi connectivity index (χ0v) is 16.3. The number of nitro benzene ring substituents is 1. The lowest BCUT2D eigenvalue weighted by Crippen LogP contribution is -2.17. The van der Waals surface area contributed by atoms with E-state index >= 15 is 0 Å². The topological polar surface area (TPSA) is 107 Å². The van der Waals surface area contributed by atoms with Crippen LogP contribution in [0.2, 0.25) is 5.02 Å². The lowest BCUT2D eigenvalue weighted by Gasteiger charge is -2.08. The highest BCUT2D eigenvalue weighted by molar-refractivity contribution is 6.32. The van der Waals surface area contributed by atoms with Crippen molar-refractivity contribution in [1.29, 1.82) is 0 Å². The highest BCUT2D eigenvalue weighted by atomic mass is 35.5. The van der Waals surface area contributed by atoms with E-state index in [4.69, 9.17) is 20.8 Å². The van der Waals surface area contributed by atoms with E-state index in [1.54, 1.807) is 50.2 Å². The van der Waals surface area contributed by atoms with Gasteiger partial charge in [-0.05, 0) is 44.2 Å². The third kappa shape index (κ3) is 4.80. The second kappa shape index (κ2) is 8.57. The quantitative estimate of drug-likeness (QED) is 0.347. The van der Waals surface area contributed by atoms with E-state index in [1.165, 1.54) is 18.3 Å². The van der Waals surface area contributed by atoms with Gasteiger partial charge in [0.15, 0.2) is 0 Å². The van der Waals surface area contributed by atoms with E-state index < -0.39 is 10.8 Å². The molecular formula is C20H16ClN3O5. The Morgan fingerprint density at radius 3 is 2.62 bits per heavy atom. The van der Waals surface area contributed by atoms with Crippen molar-refractivity contribution in [3.8, 4) is 11.5 Å². The van der Waals surface area contributed by atoms with E-state index in [2.05, 4.69) is 10.5 Å². The average Bonchev–Trinajstić information content (AvgIpc) is 3.02. The molecule has 0 bridgehead atoms. The molecule has 0 saturated carbocycles. The summed E-state index contributed by atoms with van der Waals surface area (Å²) in [5.41, 5.74) is 2.88. The van der Waals surface area contributed by atoms with Crippen molar-refractivity contribution in [2.75, 3.05) is 0 Å². The number of nitro groups is 1. The summed E-state index contributed by atoms with van der Waals surface area (Å²) in [7, 11) is 0. The second-order valence-corrected chi connectivity index (χ2v) is 6.45. The van der Waals surface area contributed by atoms with Gasteiger partial charge in [0.2, 0.25) is 5.75 Å². The SMILES string of the molecule is Cc1cc(C(=O)N/N=C\c2ccc(Oc3ccccc3Cl)c([N+](=O)[O-])c2)c(C)o1. The third-order valence-corrected chi connectivity index (χ3v) is 4.21. The van der Waals surface area contributed by atoms with Crippen molar-refractivity contribution in [1.82, 2.24) is 5.43 Å². The number of para-hydroxylation sites is 1. The summed E-state index contributed by atoms with van der Waals surface area (Å²) < 4.78 is 10.9. The maximum Gasteiger partial charge on any atom is 0.312 e. The molecular weight excluding hydrogens is 398 g/mol. The van der Waals surface area contributed by atoms with Crippen LogP contribution in [0, 0.1) is 24.0 Å². The van der Waals surface area contributed by atoms with E-state index in [-0.39, 0.29) is 11.4 Å². The van der Waals surface area contributed by atoms with Crippen molar-refractivity contribution < 1.29 is 18.9 Å². The monoisotopic (exact) mass is 413 g/mol. The summed E-state index contributed by atoms with van der Waals surface area (Å²) in [5.74, 6) is 0.988. The fraction of sp³-hybridized carbons (Fsp3) is 0.100. The first-order chi connectivity index (χ1) is 13.8. The summed E-state index contributed by atoms with van der Waals surface area (Å²) in [6.45, 7) is 3.41. The van der Waals surface area contributed by atoms with Crippen LogP contribution in [0.3, 0.4) is 0 Å². The van der Waals surface area contributed by atoms with Gasteiger partial charge in [-0.25, -0.2) is 5.43 Å². The molecule has 3 rings (SSSR count). The van der Waals surface area contributed by atoms with E-state index in [0.717, 1.165) is 0 Å². The van der Waals surface area contributed by atoms with Crippen LogP contribution < -0.4 is 10.2 Å². The van der Waals surface area contributed by atoms with Crippen molar-refractivity contribution in [2.24, 2.45) is 5.10 Å². The molecule has 2 aromatic carbocycles. The molecule has 0 aliphatic rings. The van der Waals surface area contributed by atoms with Gasteiger partial charge in [0.1, 0.15) is 17.3 Å². The molecule has 0 saturated heterocycles. The van der Waals surface area contributed by atoms with E-state index in [1.807, 2.05) is 0 Å². The van der Waals surface area contributed by atoms with E-state index in [0.29, 0.717) is 33.4 Å². The summed E-state index contributed by atoms with van der Waals surface area (Å²) in [6, 6.07) is 12.6. The zero-order chi connectivity index (χ0) is 21.0. The van der Waals surface area contributed by atoms with Crippen LogP contribution in [0.5, 0.6) is 11.5 Å². The van der Waals surface area contributed by atoms with Crippen LogP contribution in [0.15, 0.2) is 58.0 Å². The Bertz CT molecular complexity index is 1110. The Morgan fingerprint density at radius 2 is 1.97 bits per heavy atom. The largest absolute Gasteiger partial charge is 0.466 e. The third-order valence-electron chi connectivity index (χ3n) is 3.90. The number of ether oxygens (including phenoxy) is 1. The number of nitrogens with zero attached hydrogens (tertiary/aromatic N) is 2. The Balaban J connectivity index is 1.77. The Labute approximate surface area is 170 Å². The molecule has 1 amide bonds. The highest BCUT2D eigenvalue weighted by Crippen LogP contribution is 2.35. The fourth-order valence-electron chi connectivity index (χ4n) is 2.57. The molecule has 148 valence electrons. The van der Waals surface area contributed by atoms with Crippen LogP contribution >= 0.6 is 11.6 Å². The predicted molar refractivity (Wildman–Crippen MR) is 108 cm³/mol. The Morgan fingerprint density at radius 1 is 1.21 bits per heavy atom. The summed E-state index contributed by atoms with van der Waals surface area (Å²) >= 11 is 6.04. The normalized spacial score (nSPS) is 10.9. The molecule has 3 aromatic rings. The summed E-state index contributed by atoms with van der Waals surface area (Å²) in [5, 5.41) is 15.6. The minimum absolute atomic E-state index is 0.0359. The van der Waals surface area contributed by atoms with Gasteiger partial charge < -0.3 is 9.15 Å². The number of nitrogens with one attached hydrogen (secondary N) is 1. The van der Waals surface area contributed by atoms with Crippen LogP contribution in [-0.2, 0) is 0 Å². The van der Waals surface area contributed by atoms with Gasteiger partial charge in [0.25, 0.3) is 5.91 Å². The molecule has 1 aromatic heterocycles. The predicted octanol–water partition coefficient (Wildman–Crippen LogP) is 5.01. The number of hydrogen-bond donors (Lipinski definition) is 1. The maximum atomic E-state index is 12.1. The first-order valence-electron chi connectivity index (χ1n) is 8.46. The second-order valence-electron chi connectivity index (χ2n) is 6.04. The minimum atomic E-state index is -0.570. The molecule has 0 spiro atoms. The number of benzene rings is 2. The van der Waals surface area contributed by atoms with Crippen molar-refractivity contribution in [2.45, 2.75) is 13.8 Å². The highest BCUT2D eigenvalue weighted by Gasteiger charge is 2.17. The van der Waals surface area contributed by atoms with Gasteiger partial charge in [0.05, 0.1) is 21.7 Å². The smallest absolute Gasteiger partial charge is 0.312 e. The maximum absolute atomic E-state index is 12.1. The van der Waals surface area contributed by atoms with Gasteiger partial charge in [-0.15, -0.1) is 0 Å². The zero-order valence-electron chi connectivity index (χ0n) is 15.5. The number of halogens is 1. The number of carbonyl (C=O) groups is 1. The number of furan rings is 1. The number of hydrogen-bond acceptors (Lipinski definition) is 6. The first-order valence-corrected chi connectivity index (χ1v) is 8.84. The van der Waals surface area contributed by atoms with Gasteiger partial charge in [-0.1, -0.05) is 23.7 Å². The van der Waals surface area contributed by atoms with Crippen LogP contribution in [0.1, 0.15) is 27.4 Å². The van der Waals surface area contributed by atoms with Crippen LogP contribution in [0.4, 0.5) is 5.69 Å². The van der Waals surface area contributed by atoms with Crippen molar-refractivity contribution in [3.05, 3.63) is 86.3 Å². The molecule has 0 fully saturated rings. The molecule has 0 aliphatic carbocycles. The fourth-order valence-corrected chi connectivity index (χ4v) is 2.75. The average molecular weight is 414 g/mol. The lowest BCUT2D eigenvalue weighted by molar-refractivity contribution is -0.385. The number of aryl methyl sites for hydroxylation is 2. The first kappa shape index (κ1) is 20.1. The van der Waals surface area contributed by atoms with Gasteiger partial charge >= 0.3 is 5.69 Å². The van der Waals surface area contributed by atoms with Gasteiger partial charge in [-0.3, -0.25) is 14.9 Å². The van der Waals surface area contributed by atoms with Crippen LogP contribution in [0.25, 0.3) is 0 Å². The Hall–Kier alpha value is -3.65. The molecule has 1 heterocycles. The lowest BCUT2D eigenvalue weighted by atomic mass is 10.2. The van der Waals surface area contributed by atoms with E-state index in [9.17, 15) is 14.9 Å². The molecule has 8 nitrogen and oxygen atoms in total. The number of carbonyl (C=O) groups excluding carboxylic acids is 1. The molecule has 29 heavy (non-hydrogen) atoms. The number of hydrazone groups is 1. The molecule has 0 radical (unpaired) electrons. The summed E-state index contributed by atoms with van der Waals surface area (Å²) in [4.78, 5) is 23.0. The van der Waals surface area contributed by atoms with Crippen molar-refractivity contribution in [3.63, 3.8) is 0 Å². The molecule has 1 N–H and O–H groups in total. The van der Waals surface area contributed by atoms with Gasteiger partial charge in [-0.2, -0.15) is 5.10 Å².